The Hall–Kier alpha value is -2.76. The summed E-state index contributed by atoms with van der Waals surface area (Å²) in [5.41, 5.74) is 2.38. The van der Waals surface area contributed by atoms with Crippen LogP contribution in [0.2, 0.25) is 0 Å². The van der Waals surface area contributed by atoms with Crippen LogP contribution < -0.4 is 4.74 Å². The normalized spacial score (nSPS) is 13.4. The molecule has 37 heavy (non-hydrogen) atoms. The summed E-state index contributed by atoms with van der Waals surface area (Å²) in [6, 6.07) is 12.2. The molecule has 0 aliphatic carbocycles. The summed E-state index contributed by atoms with van der Waals surface area (Å²) in [5, 5.41) is 0. The van der Waals surface area contributed by atoms with E-state index in [9.17, 15) is 9.59 Å². The molecule has 0 bridgehead atoms. The van der Waals surface area contributed by atoms with Gasteiger partial charge in [-0.3, -0.25) is 9.59 Å². The second-order valence-electron chi connectivity index (χ2n) is 11.9. The van der Waals surface area contributed by atoms with E-state index in [1.54, 1.807) is 12.0 Å². The predicted octanol–water partition coefficient (Wildman–Crippen LogP) is 6.37. The van der Waals surface area contributed by atoms with E-state index < -0.39 is 0 Å². The number of aromatic nitrogens is 1. The lowest BCUT2D eigenvalue weighted by atomic mass is 9.84. The highest BCUT2D eigenvalue weighted by Crippen LogP contribution is 2.27. The topological polar surface area (TPSA) is 54.8 Å². The molecule has 0 saturated carbocycles. The average molecular weight is 512 g/mol. The minimum Gasteiger partial charge on any atom is -0.497 e. The second-order valence-corrected chi connectivity index (χ2v) is 11.9. The molecule has 206 valence electrons. The fourth-order valence-corrected chi connectivity index (χ4v) is 4.93. The quantitative estimate of drug-likeness (QED) is 0.314. The number of hydrogen-bond acceptors (Lipinski definition) is 3. The molecule has 6 heteroatoms. The average Bonchev–Trinajstić information content (AvgIpc) is 3.25. The summed E-state index contributed by atoms with van der Waals surface area (Å²) in [6.07, 6.45) is 4.34. The van der Waals surface area contributed by atoms with Gasteiger partial charge in [-0.15, -0.1) is 0 Å². The third-order valence-corrected chi connectivity index (χ3v) is 6.92. The first-order valence-corrected chi connectivity index (χ1v) is 13.7. The van der Waals surface area contributed by atoms with Crippen molar-refractivity contribution in [2.45, 2.75) is 99.8 Å². The SMILES string of the molecule is CCC(C)N(Cc1cccn1Cc1cccc(OC)c1)C(=O)CN(C(=O)CC(C)CC(C)(C)C)C(C)C. The van der Waals surface area contributed by atoms with Crippen molar-refractivity contribution < 1.29 is 14.3 Å². The van der Waals surface area contributed by atoms with E-state index in [2.05, 4.69) is 64.4 Å². The first-order valence-electron chi connectivity index (χ1n) is 13.7. The Morgan fingerprint density at radius 1 is 1.00 bits per heavy atom. The van der Waals surface area contributed by atoms with Gasteiger partial charge >= 0.3 is 0 Å². The van der Waals surface area contributed by atoms with Crippen molar-refractivity contribution in [2.24, 2.45) is 11.3 Å². The molecule has 0 aliphatic heterocycles. The number of hydrogen-bond donors (Lipinski definition) is 0. The molecule has 6 nitrogen and oxygen atoms in total. The second kappa shape index (κ2) is 13.7. The van der Waals surface area contributed by atoms with Crippen molar-refractivity contribution >= 4 is 11.8 Å². The van der Waals surface area contributed by atoms with Crippen LogP contribution in [0.3, 0.4) is 0 Å². The van der Waals surface area contributed by atoms with E-state index in [-0.39, 0.29) is 41.8 Å². The zero-order valence-corrected chi connectivity index (χ0v) is 24.6. The molecule has 1 heterocycles. The van der Waals surface area contributed by atoms with E-state index in [1.165, 1.54) is 0 Å². The minimum atomic E-state index is -0.0333. The zero-order valence-electron chi connectivity index (χ0n) is 24.6. The van der Waals surface area contributed by atoms with Crippen LogP contribution in [0.15, 0.2) is 42.6 Å². The van der Waals surface area contributed by atoms with Gasteiger partial charge in [-0.2, -0.15) is 0 Å². The fourth-order valence-electron chi connectivity index (χ4n) is 4.93. The van der Waals surface area contributed by atoms with Gasteiger partial charge in [-0.05, 0) is 74.8 Å². The zero-order chi connectivity index (χ0) is 27.8. The monoisotopic (exact) mass is 511 g/mol. The highest BCUT2D eigenvalue weighted by molar-refractivity contribution is 5.85. The van der Waals surface area contributed by atoms with Gasteiger partial charge in [0.1, 0.15) is 5.75 Å². The van der Waals surface area contributed by atoms with E-state index in [0.29, 0.717) is 19.5 Å². The summed E-state index contributed by atoms with van der Waals surface area (Å²) < 4.78 is 7.55. The van der Waals surface area contributed by atoms with Crippen molar-refractivity contribution in [1.82, 2.24) is 14.4 Å². The molecule has 2 unspecified atom stereocenters. The molecule has 0 spiro atoms. The molecule has 0 fully saturated rings. The van der Waals surface area contributed by atoms with Crippen LogP contribution in [0.4, 0.5) is 0 Å². The summed E-state index contributed by atoms with van der Waals surface area (Å²) in [5.74, 6) is 1.16. The summed E-state index contributed by atoms with van der Waals surface area (Å²) in [4.78, 5) is 30.6. The Labute approximate surface area is 225 Å². The Balaban J connectivity index is 2.17. The van der Waals surface area contributed by atoms with Crippen LogP contribution >= 0.6 is 0 Å². The van der Waals surface area contributed by atoms with Crippen molar-refractivity contribution in [3.8, 4) is 5.75 Å². The van der Waals surface area contributed by atoms with E-state index in [0.717, 1.165) is 29.8 Å². The maximum atomic E-state index is 13.7. The number of rotatable bonds is 13. The molecular formula is C31H49N3O3. The number of methoxy groups -OCH3 is 1. The molecule has 2 amide bonds. The van der Waals surface area contributed by atoms with Crippen LogP contribution in [0.1, 0.15) is 85.9 Å². The summed E-state index contributed by atoms with van der Waals surface area (Å²) >= 11 is 0. The van der Waals surface area contributed by atoms with Crippen LogP contribution in [-0.4, -0.2) is 51.9 Å². The smallest absolute Gasteiger partial charge is 0.242 e. The Bertz CT molecular complexity index is 1010. The van der Waals surface area contributed by atoms with Crippen molar-refractivity contribution in [1.29, 1.82) is 0 Å². The number of carbonyl (C=O) groups excluding carboxylic acids is 2. The molecular weight excluding hydrogens is 462 g/mol. The largest absolute Gasteiger partial charge is 0.497 e. The van der Waals surface area contributed by atoms with Crippen LogP contribution in [-0.2, 0) is 22.7 Å². The standard InChI is InChI=1S/C31H49N3O3/c1-10-25(5)34(21-27-14-12-16-32(27)20-26-13-11-15-28(18-26)37-9)30(36)22-33(23(2)3)29(35)17-24(4)19-31(6,7)8/h11-16,18,23-25H,10,17,19-22H2,1-9H3. The molecule has 2 atom stereocenters. The number of ether oxygens (including phenoxy) is 1. The van der Waals surface area contributed by atoms with Crippen molar-refractivity contribution in [3.05, 3.63) is 53.9 Å². The lowest BCUT2D eigenvalue weighted by Crippen LogP contribution is -2.48. The summed E-state index contributed by atoms with van der Waals surface area (Å²) in [7, 11) is 1.67. The van der Waals surface area contributed by atoms with Crippen LogP contribution in [0.25, 0.3) is 0 Å². The molecule has 1 aromatic carbocycles. The fraction of sp³-hybridized carbons (Fsp3) is 0.613. The van der Waals surface area contributed by atoms with E-state index in [1.807, 2.05) is 43.0 Å². The molecule has 0 N–H and O–H groups in total. The number of benzene rings is 1. The number of amides is 2. The predicted molar refractivity (Wildman–Crippen MR) is 152 cm³/mol. The molecule has 0 saturated heterocycles. The third kappa shape index (κ3) is 9.56. The van der Waals surface area contributed by atoms with Gasteiger partial charge in [0.25, 0.3) is 0 Å². The summed E-state index contributed by atoms with van der Waals surface area (Å²) in [6.45, 7) is 18.2. The van der Waals surface area contributed by atoms with E-state index in [4.69, 9.17) is 4.74 Å². The van der Waals surface area contributed by atoms with Crippen LogP contribution in [0.5, 0.6) is 5.75 Å². The maximum absolute atomic E-state index is 13.7. The Morgan fingerprint density at radius 3 is 2.30 bits per heavy atom. The van der Waals surface area contributed by atoms with Gasteiger partial charge in [0, 0.05) is 36.9 Å². The molecule has 1 aromatic heterocycles. The lowest BCUT2D eigenvalue weighted by molar-refractivity contribution is -0.144. The van der Waals surface area contributed by atoms with Crippen molar-refractivity contribution in [3.63, 3.8) is 0 Å². The molecule has 2 rings (SSSR count). The highest BCUT2D eigenvalue weighted by atomic mass is 16.5. The Morgan fingerprint density at radius 2 is 1.70 bits per heavy atom. The van der Waals surface area contributed by atoms with Crippen LogP contribution in [0, 0.1) is 11.3 Å². The van der Waals surface area contributed by atoms with Gasteiger partial charge in [-0.1, -0.05) is 46.8 Å². The maximum Gasteiger partial charge on any atom is 0.242 e. The first-order chi connectivity index (χ1) is 17.3. The van der Waals surface area contributed by atoms with Crippen molar-refractivity contribution in [2.75, 3.05) is 13.7 Å². The highest BCUT2D eigenvalue weighted by Gasteiger charge is 2.28. The molecule has 0 aliphatic rings. The third-order valence-electron chi connectivity index (χ3n) is 6.92. The number of nitrogens with zero attached hydrogens (tertiary/aromatic N) is 3. The molecule has 2 aromatic rings. The van der Waals surface area contributed by atoms with Gasteiger partial charge in [0.15, 0.2) is 0 Å². The van der Waals surface area contributed by atoms with Gasteiger partial charge in [0.05, 0.1) is 20.2 Å². The van der Waals surface area contributed by atoms with E-state index >= 15 is 0 Å². The Kier molecular flexibility index (Phi) is 11.3. The van der Waals surface area contributed by atoms with Gasteiger partial charge < -0.3 is 19.1 Å². The minimum absolute atomic E-state index is 0.00555. The van der Waals surface area contributed by atoms with Gasteiger partial charge in [-0.25, -0.2) is 0 Å². The number of carbonyl (C=O) groups is 2. The lowest BCUT2D eigenvalue weighted by Gasteiger charge is -2.34. The molecule has 0 radical (unpaired) electrons. The first kappa shape index (κ1) is 30.5. The van der Waals surface area contributed by atoms with Gasteiger partial charge in [0.2, 0.25) is 11.8 Å².